The summed E-state index contributed by atoms with van der Waals surface area (Å²) in [6, 6.07) is 2.55. The Morgan fingerprint density at radius 1 is 1.20 bits per heavy atom. The number of nitrogens with zero attached hydrogens (tertiary/aromatic N) is 2. The highest BCUT2D eigenvalue weighted by Crippen LogP contribution is 2.54. The van der Waals surface area contributed by atoms with E-state index in [-0.39, 0.29) is 42.5 Å². The van der Waals surface area contributed by atoms with Crippen molar-refractivity contribution in [2.45, 2.75) is 57.4 Å². The molecule has 1 aliphatic heterocycles. The number of nitrogens with one attached hydrogen (secondary N) is 2. The van der Waals surface area contributed by atoms with Crippen LogP contribution in [0.5, 0.6) is 0 Å². The summed E-state index contributed by atoms with van der Waals surface area (Å²) < 4.78 is 49.6. The van der Waals surface area contributed by atoms with Crippen molar-refractivity contribution in [2.75, 3.05) is 42.1 Å². The average molecular weight is 581 g/mol. The van der Waals surface area contributed by atoms with Crippen molar-refractivity contribution in [3.8, 4) is 0 Å². The summed E-state index contributed by atoms with van der Waals surface area (Å²) >= 11 is 1.06. The van der Waals surface area contributed by atoms with Crippen molar-refractivity contribution in [1.29, 1.82) is 0 Å². The van der Waals surface area contributed by atoms with Crippen LogP contribution in [0.2, 0.25) is 0 Å². The number of halogens is 3. The number of benzene rings is 1. The summed E-state index contributed by atoms with van der Waals surface area (Å²) in [5.74, 6) is -4.57. The van der Waals surface area contributed by atoms with E-state index in [1.54, 1.807) is 31.1 Å². The molecule has 8 nitrogen and oxygen atoms in total. The van der Waals surface area contributed by atoms with Gasteiger partial charge >= 0.3 is 5.97 Å². The van der Waals surface area contributed by atoms with Crippen LogP contribution in [-0.2, 0) is 14.3 Å². The molecule has 0 atom stereocenters. The molecule has 2 saturated carbocycles. The molecule has 1 aromatic carbocycles. The van der Waals surface area contributed by atoms with E-state index in [4.69, 9.17) is 4.74 Å². The van der Waals surface area contributed by atoms with Gasteiger partial charge in [-0.1, -0.05) is 0 Å². The first-order valence-corrected chi connectivity index (χ1v) is 14.4. The number of amides is 1. The van der Waals surface area contributed by atoms with E-state index in [1.807, 2.05) is 4.90 Å². The molecule has 3 fully saturated rings. The SMILES string of the molecule is CCOC(=O)CSNc1cc(F)c(C(=O)N/C(C=O)=C/C=C\N(C)C2CC(F)(F)C2)c(N2CCC3(CC2)CC3)c1. The van der Waals surface area contributed by atoms with Gasteiger partial charge in [-0.2, -0.15) is 0 Å². The zero-order chi connectivity index (χ0) is 28.9. The van der Waals surface area contributed by atoms with Crippen LogP contribution in [0.3, 0.4) is 0 Å². The monoisotopic (exact) mass is 580 g/mol. The topological polar surface area (TPSA) is 91.0 Å². The minimum absolute atomic E-state index is 0.0264. The van der Waals surface area contributed by atoms with E-state index in [2.05, 4.69) is 10.0 Å². The lowest BCUT2D eigenvalue weighted by molar-refractivity contribution is -0.139. The van der Waals surface area contributed by atoms with Crippen molar-refractivity contribution in [1.82, 2.24) is 10.2 Å². The zero-order valence-corrected chi connectivity index (χ0v) is 23.5. The summed E-state index contributed by atoms with van der Waals surface area (Å²) in [4.78, 5) is 40.2. The van der Waals surface area contributed by atoms with Crippen molar-refractivity contribution in [3.05, 3.63) is 47.6 Å². The predicted molar refractivity (Wildman–Crippen MR) is 149 cm³/mol. The number of alkyl halides is 2. The molecule has 1 heterocycles. The van der Waals surface area contributed by atoms with Crippen LogP contribution >= 0.6 is 11.9 Å². The number of hydrogen-bond acceptors (Lipinski definition) is 8. The molecule has 40 heavy (non-hydrogen) atoms. The number of rotatable bonds is 12. The van der Waals surface area contributed by atoms with Crippen LogP contribution in [-0.4, -0.2) is 67.5 Å². The van der Waals surface area contributed by atoms with Gasteiger partial charge in [-0.3, -0.25) is 14.4 Å². The maximum absolute atomic E-state index is 15.5. The summed E-state index contributed by atoms with van der Waals surface area (Å²) in [6.07, 6.45) is 8.63. The first kappa shape index (κ1) is 29.8. The lowest BCUT2D eigenvalue weighted by Gasteiger charge is -2.40. The molecule has 2 aliphatic carbocycles. The Hall–Kier alpha value is -3.15. The van der Waals surface area contributed by atoms with Gasteiger partial charge in [0.1, 0.15) is 11.6 Å². The maximum atomic E-state index is 15.5. The first-order valence-electron chi connectivity index (χ1n) is 13.4. The van der Waals surface area contributed by atoms with Gasteiger partial charge in [0.2, 0.25) is 0 Å². The molecular weight excluding hydrogens is 545 g/mol. The van der Waals surface area contributed by atoms with Gasteiger partial charge in [0.15, 0.2) is 6.29 Å². The van der Waals surface area contributed by atoms with E-state index in [1.165, 1.54) is 31.1 Å². The second-order valence-electron chi connectivity index (χ2n) is 10.7. The average Bonchev–Trinajstić information content (AvgIpc) is 3.65. The molecule has 12 heteroatoms. The number of allylic oxidation sites excluding steroid dienone is 3. The normalized spacial score (nSPS) is 19.7. The number of aldehydes is 1. The van der Waals surface area contributed by atoms with Crippen molar-refractivity contribution in [2.24, 2.45) is 5.41 Å². The minimum Gasteiger partial charge on any atom is -0.465 e. The Bertz CT molecular complexity index is 1170. The van der Waals surface area contributed by atoms with Crippen LogP contribution < -0.4 is 14.9 Å². The number of ether oxygens (including phenoxy) is 1. The molecule has 2 N–H and O–H groups in total. The van der Waals surface area contributed by atoms with Gasteiger partial charge < -0.3 is 24.6 Å². The Morgan fingerprint density at radius 2 is 1.90 bits per heavy atom. The molecular formula is C28H35F3N4O4S. The second kappa shape index (κ2) is 12.6. The van der Waals surface area contributed by atoms with E-state index >= 15 is 4.39 Å². The van der Waals surface area contributed by atoms with Crippen LogP contribution in [0, 0.1) is 11.2 Å². The quantitative estimate of drug-likeness (QED) is 0.119. The fraction of sp³-hybridized carbons (Fsp3) is 0.536. The Morgan fingerprint density at radius 3 is 2.50 bits per heavy atom. The highest BCUT2D eigenvalue weighted by atomic mass is 32.2. The third-order valence-electron chi connectivity index (χ3n) is 7.73. The molecule has 1 spiro atoms. The van der Waals surface area contributed by atoms with Gasteiger partial charge in [-0.25, -0.2) is 13.2 Å². The number of carbonyl (C=O) groups excluding carboxylic acids is 3. The lowest BCUT2D eigenvalue weighted by atomic mass is 9.87. The van der Waals surface area contributed by atoms with Crippen LogP contribution in [0.4, 0.5) is 24.5 Å². The maximum Gasteiger partial charge on any atom is 0.317 e. The van der Waals surface area contributed by atoms with Gasteiger partial charge in [0.05, 0.1) is 23.6 Å². The molecule has 1 saturated heterocycles. The van der Waals surface area contributed by atoms with E-state index in [0.29, 0.717) is 36.2 Å². The van der Waals surface area contributed by atoms with Gasteiger partial charge in [0, 0.05) is 44.7 Å². The molecule has 4 rings (SSSR count). The minimum atomic E-state index is -2.65. The number of carbonyl (C=O) groups is 3. The predicted octanol–water partition coefficient (Wildman–Crippen LogP) is 4.89. The van der Waals surface area contributed by atoms with Gasteiger partial charge in [-0.05, 0) is 80.5 Å². The zero-order valence-electron chi connectivity index (χ0n) is 22.7. The Balaban J connectivity index is 1.48. The third kappa shape index (κ3) is 7.52. The summed E-state index contributed by atoms with van der Waals surface area (Å²) in [5, 5.41) is 2.48. The van der Waals surface area contributed by atoms with Crippen LogP contribution in [0.1, 0.15) is 55.8 Å². The standard InChI is InChI=1S/C28H35F3N4O4S/c1-3-39-24(37)18-40-33-20-13-22(29)25(23(14-20)35-11-8-27(6-7-27)9-12-35)26(38)32-19(17-36)5-4-10-34(2)21-15-28(30,31)16-21/h4-5,10,13-14,17,21,33H,3,6-9,11-12,15-16,18H2,1-2H3,(H,32,38)/b10-4-,19-5+. The molecule has 0 radical (unpaired) electrons. The van der Waals surface area contributed by atoms with Crippen molar-refractivity contribution >= 4 is 41.5 Å². The summed E-state index contributed by atoms with van der Waals surface area (Å²) in [6.45, 7) is 3.32. The fourth-order valence-corrected chi connectivity index (χ4v) is 5.59. The largest absolute Gasteiger partial charge is 0.465 e. The van der Waals surface area contributed by atoms with E-state index < -0.39 is 23.6 Å². The number of piperidine rings is 1. The fourth-order valence-electron chi connectivity index (χ4n) is 5.03. The third-order valence-corrected chi connectivity index (χ3v) is 8.49. The van der Waals surface area contributed by atoms with E-state index in [0.717, 1.165) is 24.8 Å². The molecule has 218 valence electrons. The van der Waals surface area contributed by atoms with Gasteiger partial charge in [-0.15, -0.1) is 0 Å². The number of anilines is 2. The highest BCUT2D eigenvalue weighted by Gasteiger charge is 2.46. The van der Waals surface area contributed by atoms with Crippen LogP contribution in [0.15, 0.2) is 36.2 Å². The summed E-state index contributed by atoms with van der Waals surface area (Å²) in [5.41, 5.74) is 0.882. The molecule has 0 aromatic heterocycles. The number of esters is 1. The Kier molecular flexibility index (Phi) is 9.37. The van der Waals surface area contributed by atoms with Crippen molar-refractivity contribution < 1.29 is 32.3 Å². The molecule has 1 amide bonds. The molecule has 1 aromatic rings. The highest BCUT2D eigenvalue weighted by molar-refractivity contribution is 8.01. The Labute approximate surface area is 236 Å². The molecule has 3 aliphatic rings. The van der Waals surface area contributed by atoms with E-state index in [9.17, 15) is 23.2 Å². The van der Waals surface area contributed by atoms with Gasteiger partial charge in [0.25, 0.3) is 11.8 Å². The first-order chi connectivity index (χ1) is 19.0. The number of hydrogen-bond donors (Lipinski definition) is 2. The molecule has 0 unspecified atom stereocenters. The lowest BCUT2D eigenvalue weighted by Crippen LogP contribution is -2.47. The van der Waals surface area contributed by atoms with Crippen molar-refractivity contribution in [3.63, 3.8) is 0 Å². The smallest absolute Gasteiger partial charge is 0.317 e. The van der Waals surface area contributed by atoms with Crippen LogP contribution in [0.25, 0.3) is 0 Å². The summed E-state index contributed by atoms with van der Waals surface area (Å²) in [7, 11) is 1.66. The second-order valence-corrected chi connectivity index (χ2v) is 11.4. The molecule has 0 bridgehead atoms.